The lowest BCUT2D eigenvalue weighted by Crippen LogP contribution is -2.28. The topological polar surface area (TPSA) is 90.0 Å². The molecule has 4 rings (SSSR count). The van der Waals surface area contributed by atoms with Crippen molar-refractivity contribution in [2.24, 2.45) is 5.92 Å². The Morgan fingerprint density at radius 1 is 1.06 bits per heavy atom. The Morgan fingerprint density at radius 2 is 1.76 bits per heavy atom. The van der Waals surface area contributed by atoms with Crippen molar-refractivity contribution in [3.63, 3.8) is 0 Å². The number of thiazole rings is 1. The highest BCUT2D eigenvalue weighted by molar-refractivity contribution is 7.14. The minimum atomic E-state index is -0.499. The van der Waals surface area contributed by atoms with Crippen LogP contribution in [0.5, 0.6) is 17.2 Å². The maximum atomic E-state index is 12.9. The number of ether oxygens (including phenoxy) is 3. The molecule has 8 nitrogen and oxygen atoms in total. The van der Waals surface area contributed by atoms with Crippen molar-refractivity contribution >= 4 is 34.0 Å². The lowest BCUT2D eigenvalue weighted by Gasteiger charge is -2.20. The van der Waals surface area contributed by atoms with Crippen LogP contribution in [0.2, 0.25) is 0 Å². The molecule has 2 aromatic carbocycles. The molecule has 34 heavy (non-hydrogen) atoms. The molecule has 1 N–H and O–H groups in total. The zero-order valence-electron chi connectivity index (χ0n) is 19.8. The zero-order chi connectivity index (χ0) is 24.4. The van der Waals surface area contributed by atoms with E-state index in [0.717, 1.165) is 11.3 Å². The summed E-state index contributed by atoms with van der Waals surface area (Å²) >= 11 is 1.36. The van der Waals surface area contributed by atoms with Gasteiger partial charge in [-0.2, -0.15) is 0 Å². The summed E-state index contributed by atoms with van der Waals surface area (Å²) in [6.45, 7) is 4.37. The molecular weight excluding hydrogens is 454 g/mol. The van der Waals surface area contributed by atoms with Crippen LogP contribution in [0.4, 0.5) is 10.8 Å². The van der Waals surface area contributed by atoms with Crippen molar-refractivity contribution in [3.05, 3.63) is 46.8 Å². The number of amides is 2. The van der Waals surface area contributed by atoms with Crippen LogP contribution in [-0.2, 0) is 9.59 Å². The first-order valence-corrected chi connectivity index (χ1v) is 11.7. The van der Waals surface area contributed by atoms with Crippen LogP contribution in [-0.4, -0.2) is 44.7 Å². The first kappa shape index (κ1) is 23.6. The largest absolute Gasteiger partial charge is 0.493 e. The van der Waals surface area contributed by atoms with E-state index in [0.29, 0.717) is 28.1 Å². The summed E-state index contributed by atoms with van der Waals surface area (Å²) in [4.78, 5) is 31.8. The fraction of sp³-hybridized carbons (Fsp3) is 0.320. The van der Waals surface area contributed by atoms with E-state index in [1.54, 1.807) is 17.0 Å². The number of nitrogens with one attached hydrogen (secondary N) is 1. The van der Waals surface area contributed by atoms with E-state index in [2.05, 4.69) is 36.3 Å². The average Bonchev–Trinajstić information content (AvgIpc) is 3.46. The van der Waals surface area contributed by atoms with Crippen molar-refractivity contribution in [2.45, 2.75) is 20.3 Å². The van der Waals surface area contributed by atoms with Crippen LogP contribution < -0.4 is 24.4 Å². The average molecular weight is 482 g/mol. The summed E-state index contributed by atoms with van der Waals surface area (Å²) in [6, 6.07) is 9.57. The molecule has 1 unspecified atom stereocenters. The number of carbonyl (C=O) groups excluding carboxylic acids is 2. The first-order chi connectivity index (χ1) is 16.3. The Bertz CT molecular complexity index is 1210. The SMILES string of the molecule is COc1cc(N2CC(C(=O)Nc3nc(-c4ccc(C)c(C)c4)cs3)CC2=O)cc(OC)c1OC. The number of hydrogen-bond acceptors (Lipinski definition) is 7. The summed E-state index contributed by atoms with van der Waals surface area (Å²) in [6.07, 6.45) is 0.109. The number of rotatable bonds is 7. The first-order valence-electron chi connectivity index (χ1n) is 10.8. The fourth-order valence-electron chi connectivity index (χ4n) is 3.93. The number of carbonyl (C=O) groups is 2. The van der Waals surface area contributed by atoms with Gasteiger partial charge in [0.15, 0.2) is 16.6 Å². The predicted octanol–water partition coefficient (Wildman–Crippen LogP) is 4.44. The number of hydrogen-bond donors (Lipinski definition) is 1. The van der Waals surface area contributed by atoms with Crippen molar-refractivity contribution < 1.29 is 23.8 Å². The minimum absolute atomic E-state index is 0.109. The van der Waals surface area contributed by atoms with Gasteiger partial charge in [-0.3, -0.25) is 9.59 Å². The lowest BCUT2D eigenvalue weighted by atomic mass is 10.1. The Morgan fingerprint density at radius 3 is 2.38 bits per heavy atom. The van der Waals surface area contributed by atoms with E-state index >= 15 is 0 Å². The molecule has 0 saturated carbocycles. The van der Waals surface area contributed by atoms with E-state index in [-0.39, 0.29) is 24.8 Å². The van der Waals surface area contributed by atoms with Crippen molar-refractivity contribution in [1.82, 2.24) is 4.98 Å². The van der Waals surface area contributed by atoms with Gasteiger partial charge < -0.3 is 24.4 Å². The number of aryl methyl sites for hydroxylation is 2. The number of aromatic nitrogens is 1. The lowest BCUT2D eigenvalue weighted by molar-refractivity contribution is -0.122. The quantitative estimate of drug-likeness (QED) is 0.537. The van der Waals surface area contributed by atoms with Gasteiger partial charge >= 0.3 is 0 Å². The summed E-state index contributed by atoms with van der Waals surface area (Å²) in [5, 5.41) is 5.31. The molecule has 1 fully saturated rings. The van der Waals surface area contributed by atoms with Crippen LogP contribution in [0.15, 0.2) is 35.7 Å². The van der Waals surface area contributed by atoms with Gasteiger partial charge in [0.2, 0.25) is 17.6 Å². The third-order valence-corrected chi connectivity index (χ3v) is 6.75. The molecule has 1 aliphatic heterocycles. The van der Waals surface area contributed by atoms with E-state index in [1.807, 2.05) is 11.4 Å². The molecule has 178 valence electrons. The van der Waals surface area contributed by atoms with Gasteiger partial charge in [0.1, 0.15) is 0 Å². The fourth-order valence-corrected chi connectivity index (χ4v) is 4.65. The summed E-state index contributed by atoms with van der Waals surface area (Å²) < 4.78 is 16.1. The number of benzene rings is 2. The molecule has 2 amide bonds. The highest BCUT2D eigenvalue weighted by atomic mass is 32.1. The van der Waals surface area contributed by atoms with Crippen LogP contribution in [0, 0.1) is 19.8 Å². The number of methoxy groups -OCH3 is 3. The van der Waals surface area contributed by atoms with Crippen molar-refractivity contribution in [1.29, 1.82) is 0 Å². The molecule has 0 bridgehead atoms. The van der Waals surface area contributed by atoms with E-state index in [1.165, 1.54) is 43.8 Å². The molecule has 0 aliphatic carbocycles. The molecule has 0 radical (unpaired) electrons. The Labute approximate surface area is 202 Å². The highest BCUT2D eigenvalue weighted by Gasteiger charge is 2.36. The maximum Gasteiger partial charge on any atom is 0.231 e. The molecule has 0 spiro atoms. The number of nitrogens with zero attached hydrogens (tertiary/aromatic N) is 2. The van der Waals surface area contributed by atoms with Gasteiger partial charge in [-0.1, -0.05) is 12.1 Å². The minimum Gasteiger partial charge on any atom is -0.493 e. The van der Waals surface area contributed by atoms with Crippen LogP contribution in [0.3, 0.4) is 0 Å². The standard InChI is InChI=1S/C25H27N3O5S/c1-14-6-7-16(8-15(14)2)19-13-34-25(26-19)27-24(30)17-9-22(29)28(12-17)18-10-20(31-3)23(33-5)21(11-18)32-4/h6-8,10-11,13,17H,9,12H2,1-5H3,(H,26,27,30). The highest BCUT2D eigenvalue weighted by Crippen LogP contribution is 2.42. The molecule has 1 saturated heterocycles. The maximum absolute atomic E-state index is 12.9. The second-order valence-electron chi connectivity index (χ2n) is 8.12. The van der Waals surface area contributed by atoms with Gasteiger partial charge in [0.25, 0.3) is 0 Å². The van der Waals surface area contributed by atoms with Gasteiger partial charge in [0.05, 0.1) is 38.6 Å². The summed E-state index contributed by atoms with van der Waals surface area (Å²) in [5.74, 6) is 0.450. The molecule has 3 aromatic rings. The molecule has 1 aliphatic rings. The van der Waals surface area contributed by atoms with Crippen LogP contribution in [0.25, 0.3) is 11.3 Å². The third kappa shape index (κ3) is 4.56. The summed E-state index contributed by atoms with van der Waals surface area (Å²) in [5.41, 5.74) is 4.80. The molecule has 1 atom stereocenters. The van der Waals surface area contributed by atoms with E-state index in [9.17, 15) is 9.59 Å². The summed E-state index contributed by atoms with van der Waals surface area (Å²) in [7, 11) is 4.55. The predicted molar refractivity (Wildman–Crippen MR) is 132 cm³/mol. The van der Waals surface area contributed by atoms with Gasteiger partial charge in [-0.05, 0) is 31.0 Å². The van der Waals surface area contributed by atoms with Crippen molar-refractivity contribution in [2.75, 3.05) is 38.1 Å². The molecule has 9 heteroatoms. The second kappa shape index (κ2) is 9.72. The van der Waals surface area contributed by atoms with Gasteiger partial charge in [0, 0.05) is 36.0 Å². The van der Waals surface area contributed by atoms with Gasteiger partial charge in [-0.25, -0.2) is 4.98 Å². The second-order valence-corrected chi connectivity index (χ2v) is 8.97. The Balaban J connectivity index is 1.48. The number of anilines is 2. The Kier molecular flexibility index (Phi) is 6.74. The van der Waals surface area contributed by atoms with E-state index < -0.39 is 5.92 Å². The van der Waals surface area contributed by atoms with E-state index in [4.69, 9.17) is 14.2 Å². The van der Waals surface area contributed by atoms with Gasteiger partial charge in [-0.15, -0.1) is 11.3 Å². The van der Waals surface area contributed by atoms with Crippen molar-refractivity contribution in [3.8, 4) is 28.5 Å². The molecular formula is C25H27N3O5S. The van der Waals surface area contributed by atoms with Crippen LogP contribution >= 0.6 is 11.3 Å². The normalized spacial score (nSPS) is 15.4. The third-order valence-electron chi connectivity index (χ3n) is 5.99. The zero-order valence-corrected chi connectivity index (χ0v) is 20.6. The Hall–Kier alpha value is -3.59. The van der Waals surface area contributed by atoms with Crippen LogP contribution in [0.1, 0.15) is 17.5 Å². The smallest absolute Gasteiger partial charge is 0.231 e. The molecule has 2 heterocycles. The molecule has 1 aromatic heterocycles. The monoisotopic (exact) mass is 481 g/mol.